The number of rotatable bonds is 4. The van der Waals surface area contributed by atoms with Crippen LogP contribution in [0.5, 0.6) is 5.75 Å². The Morgan fingerprint density at radius 1 is 1.58 bits per heavy atom. The van der Waals surface area contributed by atoms with E-state index in [1.165, 1.54) is 23.1 Å². The first kappa shape index (κ1) is 13.3. The van der Waals surface area contributed by atoms with Gasteiger partial charge in [-0.05, 0) is 18.5 Å². The largest absolute Gasteiger partial charge is 0.482 e. The fourth-order valence-corrected chi connectivity index (χ4v) is 1.89. The van der Waals surface area contributed by atoms with Gasteiger partial charge in [-0.25, -0.2) is 0 Å². The van der Waals surface area contributed by atoms with Gasteiger partial charge in [0, 0.05) is 18.7 Å². The van der Waals surface area contributed by atoms with Crippen molar-refractivity contribution >= 4 is 17.3 Å². The van der Waals surface area contributed by atoms with Crippen molar-refractivity contribution in [3.05, 3.63) is 28.3 Å². The maximum Gasteiger partial charge on any atom is 0.271 e. The van der Waals surface area contributed by atoms with Crippen molar-refractivity contribution in [3.63, 3.8) is 0 Å². The highest BCUT2D eigenvalue weighted by atomic mass is 16.6. The Bertz CT molecular complexity index is 518. The SMILES string of the molecule is CC(CN)CN1C(=O)COc2ccc([N+](=O)[O-])cc21. The van der Waals surface area contributed by atoms with Gasteiger partial charge in [-0.3, -0.25) is 14.9 Å². The highest BCUT2D eigenvalue weighted by molar-refractivity contribution is 5.98. The molecular weight excluding hydrogens is 250 g/mol. The molecule has 1 unspecified atom stereocenters. The molecule has 1 aromatic rings. The molecule has 0 spiro atoms. The molecule has 2 N–H and O–H groups in total. The van der Waals surface area contributed by atoms with Gasteiger partial charge in [0.1, 0.15) is 5.75 Å². The van der Waals surface area contributed by atoms with E-state index < -0.39 is 4.92 Å². The number of hydrogen-bond donors (Lipinski definition) is 1. The van der Waals surface area contributed by atoms with E-state index in [9.17, 15) is 14.9 Å². The number of carbonyl (C=O) groups is 1. The summed E-state index contributed by atoms with van der Waals surface area (Å²) in [6.07, 6.45) is 0. The van der Waals surface area contributed by atoms with E-state index in [1.807, 2.05) is 6.92 Å². The number of hydrogen-bond acceptors (Lipinski definition) is 5. The second-order valence-corrected chi connectivity index (χ2v) is 4.54. The van der Waals surface area contributed by atoms with Crippen LogP contribution < -0.4 is 15.4 Å². The number of nitro groups is 1. The maximum atomic E-state index is 11.9. The predicted molar refractivity (Wildman–Crippen MR) is 69.2 cm³/mol. The zero-order valence-electron chi connectivity index (χ0n) is 10.5. The van der Waals surface area contributed by atoms with Crippen LogP contribution >= 0.6 is 0 Å². The highest BCUT2D eigenvalue weighted by Crippen LogP contribution is 2.35. The van der Waals surface area contributed by atoms with Crippen LogP contribution in [-0.4, -0.2) is 30.5 Å². The molecular formula is C12H15N3O4. The molecule has 1 aliphatic heterocycles. The molecule has 1 aliphatic rings. The quantitative estimate of drug-likeness (QED) is 0.644. The summed E-state index contributed by atoms with van der Waals surface area (Å²) in [4.78, 5) is 23.7. The van der Waals surface area contributed by atoms with Crippen molar-refractivity contribution in [2.45, 2.75) is 6.92 Å². The topological polar surface area (TPSA) is 98.7 Å². The van der Waals surface area contributed by atoms with Gasteiger partial charge in [0.2, 0.25) is 0 Å². The van der Waals surface area contributed by atoms with E-state index >= 15 is 0 Å². The normalized spacial score (nSPS) is 15.7. The summed E-state index contributed by atoms with van der Waals surface area (Å²) in [5.41, 5.74) is 5.92. The van der Waals surface area contributed by atoms with Crippen molar-refractivity contribution < 1.29 is 14.5 Å². The lowest BCUT2D eigenvalue weighted by atomic mass is 10.1. The minimum Gasteiger partial charge on any atom is -0.482 e. The molecule has 102 valence electrons. The maximum absolute atomic E-state index is 11.9. The highest BCUT2D eigenvalue weighted by Gasteiger charge is 2.28. The van der Waals surface area contributed by atoms with Crippen LogP contribution in [0.25, 0.3) is 0 Å². The molecule has 0 saturated heterocycles. The summed E-state index contributed by atoms with van der Waals surface area (Å²) in [6, 6.07) is 4.23. The third-order valence-corrected chi connectivity index (χ3v) is 2.99. The molecule has 7 heteroatoms. The van der Waals surface area contributed by atoms with Crippen molar-refractivity contribution in [1.82, 2.24) is 0 Å². The number of fused-ring (bicyclic) bond motifs is 1. The lowest BCUT2D eigenvalue weighted by molar-refractivity contribution is -0.384. The van der Waals surface area contributed by atoms with Crippen LogP contribution in [0.1, 0.15) is 6.92 Å². The van der Waals surface area contributed by atoms with E-state index in [1.54, 1.807) is 0 Å². The van der Waals surface area contributed by atoms with Gasteiger partial charge >= 0.3 is 0 Å². The summed E-state index contributed by atoms with van der Waals surface area (Å²) in [5, 5.41) is 10.8. The smallest absolute Gasteiger partial charge is 0.271 e. The van der Waals surface area contributed by atoms with Crippen LogP contribution in [0.2, 0.25) is 0 Å². The van der Waals surface area contributed by atoms with Gasteiger partial charge in [-0.2, -0.15) is 0 Å². The molecule has 7 nitrogen and oxygen atoms in total. The average Bonchev–Trinajstić information content (AvgIpc) is 2.41. The Hall–Kier alpha value is -2.15. The van der Waals surface area contributed by atoms with Gasteiger partial charge in [0.15, 0.2) is 6.61 Å². The Morgan fingerprint density at radius 2 is 2.32 bits per heavy atom. The molecule has 1 amide bonds. The van der Waals surface area contributed by atoms with Crippen molar-refractivity contribution in [2.75, 3.05) is 24.6 Å². The summed E-state index contributed by atoms with van der Waals surface area (Å²) in [5.74, 6) is 0.372. The fourth-order valence-electron chi connectivity index (χ4n) is 1.89. The monoisotopic (exact) mass is 265 g/mol. The van der Waals surface area contributed by atoms with Crippen molar-refractivity contribution in [2.24, 2.45) is 11.7 Å². The van der Waals surface area contributed by atoms with Crippen molar-refractivity contribution in [3.8, 4) is 5.75 Å². The predicted octanol–water partition coefficient (Wildman–Crippen LogP) is 0.915. The number of ether oxygens (including phenoxy) is 1. The van der Waals surface area contributed by atoms with E-state index in [-0.39, 0.29) is 24.1 Å². The summed E-state index contributed by atoms with van der Waals surface area (Å²) >= 11 is 0. The van der Waals surface area contributed by atoms with E-state index in [4.69, 9.17) is 10.5 Å². The van der Waals surface area contributed by atoms with Gasteiger partial charge in [-0.1, -0.05) is 6.92 Å². The number of non-ortho nitro benzene ring substituents is 1. The first-order chi connectivity index (χ1) is 9.02. The number of nitro benzene ring substituents is 1. The average molecular weight is 265 g/mol. The number of nitrogens with two attached hydrogens (primary N) is 1. The third-order valence-electron chi connectivity index (χ3n) is 2.99. The lowest BCUT2D eigenvalue weighted by Crippen LogP contribution is -2.42. The summed E-state index contributed by atoms with van der Waals surface area (Å²) < 4.78 is 5.27. The van der Waals surface area contributed by atoms with Crippen LogP contribution in [0.4, 0.5) is 11.4 Å². The number of nitrogens with zero attached hydrogens (tertiary/aromatic N) is 2. The standard InChI is InChI=1S/C12H15N3O4/c1-8(5-13)6-14-10-4-9(15(17)18)2-3-11(10)19-7-12(14)16/h2-4,8H,5-7,13H2,1H3. The van der Waals surface area contributed by atoms with E-state index in [0.717, 1.165) is 0 Å². The van der Waals surface area contributed by atoms with Crippen LogP contribution in [0.3, 0.4) is 0 Å². The number of benzene rings is 1. The molecule has 1 heterocycles. The zero-order chi connectivity index (χ0) is 14.0. The van der Waals surface area contributed by atoms with E-state index in [2.05, 4.69) is 0 Å². The molecule has 0 bridgehead atoms. The van der Waals surface area contributed by atoms with Gasteiger partial charge in [0.05, 0.1) is 10.6 Å². The Kier molecular flexibility index (Phi) is 3.66. The first-order valence-electron chi connectivity index (χ1n) is 5.94. The molecule has 1 aromatic carbocycles. The Morgan fingerprint density at radius 3 is 2.95 bits per heavy atom. The molecule has 0 saturated carbocycles. The minimum atomic E-state index is -0.496. The molecule has 0 fully saturated rings. The fraction of sp³-hybridized carbons (Fsp3) is 0.417. The van der Waals surface area contributed by atoms with E-state index in [0.29, 0.717) is 24.5 Å². The molecule has 2 rings (SSSR count). The molecule has 0 radical (unpaired) electrons. The van der Waals surface area contributed by atoms with Gasteiger partial charge in [-0.15, -0.1) is 0 Å². The van der Waals surface area contributed by atoms with Crippen LogP contribution in [-0.2, 0) is 4.79 Å². The van der Waals surface area contributed by atoms with Gasteiger partial charge in [0.25, 0.3) is 11.6 Å². The minimum absolute atomic E-state index is 0.0535. The molecule has 0 aliphatic carbocycles. The first-order valence-corrected chi connectivity index (χ1v) is 5.94. The van der Waals surface area contributed by atoms with Gasteiger partial charge < -0.3 is 15.4 Å². The second kappa shape index (κ2) is 5.23. The molecule has 19 heavy (non-hydrogen) atoms. The van der Waals surface area contributed by atoms with Crippen LogP contribution in [0, 0.1) is 16.0 Å². The Labute approximate surface area is 110 Å². The number of amides is 1. The third kappa shape index (κ3) is 2.65. The zero-order valence-corrected chi connectivity index (χ0v) is 10.5. The second-order valence-electron chi connectivity index (χ2n) is 4.54. The molecule has 1 atom stereocenters. The lowest BCUT2D eigenvalue weighted by Gasteiger charge is -2.30. The Balaban J connectivity index is 2.38. The van der Waals surface area contributed by atoms with Crippen LogP contribution in [0.15, 0.2) is 18.2 Å². The molecule has 0 aromatic heterocycles. The summed E-state index contributed by atoms with van der Waals surface area (Å²) in [6.45, 7) is 2.73. The van der Waals surface area contributed by atoms with Crippen molar-refractivity contribution in [1.29, 1.82) is 0 Å². The number of carbonyl (C=O) groups excluding carboxylic acids is 1. The number of anilines is 1. The summed E-state index contributed by atoms with van der Waals surface area (Å²) in [7, 11) is 0.